The summed E-state index contributed by atoms with van der Waals surface area (Å²) in [6.45, 7) is -0.187. The summed E-state index contributed by atoms with van der Waals surface area (Å²) >= 11 is 1.38. The topological polar surface area (TPSA) is 102 Å². The highest BCUT2D eigenvalue weighted by Gasteiger charge is 2.22. The van der Waals surface area contributed by atoms with Gasteiger partial charge in [-0.3, -0.25) is 14.9 Å². The number of carbonyl (C=O) groups excluding carboxylic acids is 1. The Bertz CT molecular complexity index is 495. The number of nitro groups is 1. The number of aliphatic hydroxyl groups excluding tert-OH is 1. The van der Waals surface area contributed by atoms with Crippen LogP contribution in [0.1, 0.15) is 10.4 Å². The zero-order chi connectivity index (χ0) is 15.1. The first-order chi connectivity index (χ1) is 9.53. The first-order valence-corrected chi connectivity index (χ1v) is 6.99. The highest BCUT2D eigenvalue weighted by atomic mass is 32.2. The van der Waals surface area contributed by atoms with Gasteiger partial charge in [0.2, 0.25) is 0 Å². The highest BCUT2D eigenvalue weighted by molar-refractivity contribution is 7.98. The molecule has 1 aromatic rings. The molecule has 0 aromatic heterocycles. The second kappa shape index (κ2) is 7.83. The SMILES string of the molecule is COCC(CO)NC(=O)c1cc(SC)ccc1[N+](=O)[O-]. The molecule has 7 nitrogen and oxygen atoms in total. The van der Waals surface area contributed by atoms with Crippen molar-refractivity contribution in [3.05, 3.63) is 33.9 Å². The normalized spacial score (nSPS) is 11.9. The summed E-state index contributed by atoms with van der Waals surface area (Å²) in [5.74, 6) is -0.608. The predicted octanol–water partition coefficient (Wildman–Crippen LogP) is 1.05. The van der Waals surface area contributed by atoms with Crippen LogP contribution in [0, 0.1) is 10.1 Å². The number of carbonyl (C=O) groups is 1. The maximum Gasteiger partial charge on any atom is 0.282 e. The minimum atomic E-state index is -0.608. The van der Waals surface area contributed by atoms with Gasteiger partial charge in [0.1, 0.15) is 5.56 Å². The van der Waals surface area contributed by atoms with Gasteiger partial charge in [-0.1, -0.05) is 0 Å². The van der Waals surface area contributed by atoms with Crippen LogP contribution in [0.4, 0.5) is 5.69 Å². The zero-order valence-corrected chi connectivity index (χ0v) is 12.0. The Morgan fingerprint density at radius 1 is 1.60 bits per heavy atom. The van der Waals surface area contributed by atoms with Gasteiger partial charge in [0.25, 0.3) is 11.6 Å². The lowest BCUT2D eigenvalue weighted by molar-refractivity contribution is -0.385. The van der Waals surface area contributed by atoms with E-state index in [0.29, 0.717) is 0 Å². The summed E-state index contributed by atoms with van der Waals surface area (Å²) in [5.41, 5.74) is -0.300. The summed E-state index contributed by atoms with van der Waals surface area (Å²) in [6, 6.07) is 3.73. The van der Waals surface area contributed by atoms with Gasteiger partial charge in [-0.15, -0.1) is 11.8 Å². The standard InChI is InChI=1S/C12H16N2O5S/c1-19-7-8(6-15)13-12(16)10-5-9(20-2)3-4-11(10)14(17)18/h3-5,8,15H,6-7H2,1-2H3,(H,13,16). The Kier molecular flexibility index (Phi) is 6.43. The van der Waals surface area contributed by atoms with Crippen LogP contribution in [0.15, 0.2) is 23.1 Å². The summed E-state index contributed by atoms with van der Waals surface area (Å²) in [6.07, 6.45) is 1.81. The second-order valence-electron chi connectivity index (χ2n) is 3.95. The van der Waals surface area contributed by atoms with Crippen molar-refractivity contribution in [2.75, 3.05) is 26.6 Å². The number of benzene rings is 1. The fraction of sp³-hybridized carbons (Fsp3) is 0.417. The van der Waals surface area contributed by atoms with Crippen molar-refractivity contribution in [2.45, 2.75) is 10.9 Å². The van der Waals surface area contributed by atoms with Gasteiger partial charge in [-0.05, 0) is 18.4 Å². The number of nitrogens with one attached hydrogen (secondary N) is 1. The van der Waals surface area contributed by atoms with Crippen molar-refractivity contribution in [1.82, 2.24) is 5.32 Å². The molecule has 2 N–H and O–H groups in total. The summed E-state index contributed by atoms with van der Waals surface area (Å²) < 4.78 is 4.84. The Labute approximate surface area is 120 Å². The molecule has 0 aliphatic carbocycles. The Balaban J connectivity index is 3.03. The van der Waals surface area contributed by atoms with Crippen molar-refractivity contribution in [2.24, 2.45) is 0 Å². The second-order valence-corrected chi connectivity index (χ2v) is 4.83. The van der Waals surface area contributed by atoms with Crippen molar-refractivity contribution in [1.29, 1.82) is 0 Å². The minimum Gasteiger partial charge on any atom is -0.394 e. The lowest BCUT2D eigenvalue weighted by atomic mass is 10.1. The van der Waals surface area contributed by atoms with E-state index >= 15 is 0 Å². The number of amides is 1. The molecule has 1 unspecified atom stereocenters. The van der Waals surface area contributed by atoms with Crippen molar-refractivity contribution in [3.8, 4) is 0 Å². The molecule has 0 fully saturated rings. The van der Waals surface area contributed by atoms with E-state index in [4.69, 9.17) is 9.84 Å². The van der Waals surface area contributed by atoms with E-state index in [0.717, 1.165) is 4.90 Å². The van der Waals surface area contributed by atoms with E-state index in [1.807, 2.05) is 6.26 Å². The number of hydrogen-bond acceptors (Lipinski definition) is 6. The van der Waals surface area contributed by atoms with Crippen molar-refractivity contribution < 1.29 is 19.6 Å². The Hall–Kier alpha value is -1.64. The molecule has 0 saturated heterocycles. The molecule has 0 aliphatic heterocycles. The lowest BCUT2D eigenvalue weighted by Gasteiger charge is -2.15. The van der Waals surface area contributed by atoms with Crippen LogP contribution in [0.25, 0.3) is 0 Å². The fourth-order valence-corrected chi connectivity index (χ4v) is 2.03. The van der Waals surface area contributed by atoms with Crippen LogP contribution < -0.4 is 5.32 Å². The van der Waals surface area contributed by atoms with Crippen molar-refractivity contribution in [3.63, 3.8) is 0 Å². The maximum atomic E-state index is 12.1. The largest absolute Gasteiger partial charge is 0.394 e. The smallest absolute Gasteiger partial charge is 0.282 e. The average molecular weight is 300 g/mol. The average Bonchev–Trinajstić information content (AvgIpc) is 2.45. The Morgan fingerprint density at radius 3 is 2.80 bits per heavy atom. The number of nitro benzene ring substituents is 1. The molecule has 0 radical (unpaired) electrons. The fourth-order valence-electron chi connectivity index (χ4n) is 1.59. The molecule has 0 aliphatic rings. The molecule has 8 heteroatoms. The minimum absolute atomic E-state index is 0.0311. The van der Waals surface area contributed by atoms with Crippen LogP contribution in [0.3, 0.4) is 0 Å². The van der Waals surface area contributed by atoms with Gasteiger partial charge in [0, 0.05) is 18.1 Å². The summed E-state index contributed by atoms with van der Waals surface area (Å²) in [7, 11) is 1.44. The molecular formula is C12H16N2O5S. The molecule has 0 heterocycles. The molecule has 0 saturated carbocycles. The van der Waals surface area contributed by atoms with Gasteiger partial charge in [-0.2, -0.15) is 0 Å². The zero-order valence-electron chi connectivity index (χ0n) is 11.2. The highest BCUT2D eigenvalue weighted by Crippen LogP contribution is 2.24. The van der Waals surface area contributed by atoms with E-state index in [9.17, 15) is 14.9 Å². The molecule has 0 bridgehead atoms. The first-order valence-electron chi connectivity index (χ1n) is 5.76. The molecule has 1 aromatic carbocycles. The van der Waals surface area contributed by atoms with Gasteiger partial charge in [-0.25, -0.2) is 0 Å². The Morgan fingerprint density at radius 2 is 2.30 bits per heavy atom. The molecular weight excluding hydrogens is 284 g/mol. The van der Waals surface area contributed by atoms with Crippen LogP contribution >= 0.6 is 11.8 Å². The molecule has 1 rings (SSSR count). The summed E-state index contributed by atoms with van der Waals surface area (Å²) in [5, 5.41) is 22.6. The molecule has 110 valence electrons. The van der Waals surface area contributed by atoms with Crippen LogP contribution in [0.2, 0.25) is 0 Å². The van der Waals surface area contributed by atoms with E-state index in [1.54, 1.807) is 6.07 Å². The van der Waals surface area contributed by atoms with E-state index < -0.39 is 16.9 Å². The predicted molar refractivity (Wildman–Crippen MR) is 75.1 cm³/mol. The number of aliphatic hydroxyl groups is 1. The third kappa shape index (κ3) is 4.19. The number of ether oxygens (including phenoxy) is 1. The summed E-state index contributed by atoms with van der Waals surface area (Å²) in [4.78, 5) is 23.2. The van der Waals surface area contributed by atoms with Crippen molar-refractivity contribution >= 4 is 23.4 Å². The van der Waals surface area contributed by atoms with E-state index in [-0.39, 0.29) is 24.5 Å². The molecule has 0 spiro atoms. The van der Waals surface area contributed by atoms with E-state index in [2.05, 4.69) is 5.32 Å². The number of methoxy groups -OCH3 is 1. The lowest BCUT2D eigenvalue weighted by Crippen LogP contribution is -2.40. The van der Waals surface area contributed by atoms with Gasteiger partial charge in [0.05, 0.1) is 24.2 Å². The quantitative estimate of drug-likeness (QED) is 0.443. The monoisotopic (exact) mass is 300 g/mol. The van der Waals surface area contributed by atoms with Crippen LogP contribution in [-0.2, 0) is 4.74 Å². The third-order valence-corrected chi connectivity index (χ3v) is 3.29. The van der Waals surface area contributed by atoms with Gasteiger partial charge in [0.15, 0.2) is 0 Å². The first kappa shape index (κ1) is 16.4. The van der Waals surface area contributed by atoms with Gasteiger partial charge < -0.3 is 15.2 Å². The van der Waals surface area contributed by atoms with Gasteiger partial charge >= 0.3 is 0 Å². The van der Waals surface area contributed by atoms with Crippen LogP contribution in [-0.4, -0.2) is 48.6 Å². The number of rotatable bonds is 7. The number of thioether (sulfide) groups is 1. The van der Waals surface area contributed by atoms with E-state index in [1.165, 1.54) is 31.0 Å². The number of nitrogens with zero attached hydrogens (tertiary/aromatic N) is 1. The molecule has 1 atom stereocenters. The number of hydrogen-bond donors (Lipinski definition) is 2. The molecule has 1 amide bonds. The molecule has 20 heavy (non-hydrogen) atoms. The third-order valence-electron chi connectivity index (χ3n) is 2.57. The van der Waals surface area contributed by atoms with Crippen LogP contribution in [0.5, 0.6) is 0 Å². The maximum absolute atomic E-state index is 12.1.